The van der Waals surface area contributed by atoms with Crippen LogP contribution < -0.4 is 10.2 Å². The minimum absolute atomic E-state index is 0.0345. The van der Waals surface area contributed by atoms with Crippen molar-refractivity contribution >= 4 is 40.8 Å². The van der Waals surface area contributed by atoms with E-state index in [1.807, 2.05) is 32.0 Å². The van der Waals surface area contributed by atoms with E-state index < -0.39 is 4.92 Å². The Bertz CT molecular complexity index is 1080. The van der Waals surface area contributed by atoms with Gasteiger partial charge in [-0.05, 0) is 72.5 Å². The highest BCUT2D eigenvalue weighted by molar-refractivity contribution is 6.42. The molecule has 0 aliphatic carbocycles. The van der Waals surface area contributed by atoms with Crippen molar-refractivity contribution in [2.75, 3.05) is 5.43 Å². The predicted octanol–water partition coefficient (Wildman–Crippen LogP) is 6.54. The third-order valence-electron chi connectivity index (χ3n) is 4.34. The molecular weight excluding hydrogens is 425 g/mol. The number of halogens is 2. The van der Waals surface area contributed by atoms with Crippen LogP contribution in [0.15, 0.2) is 59.7 Å². The number of nitro benzene ring substituents is 1. The minimum Gasteiger partial charge on any atom is -0.488 e. The van der Waals surface area contributed by atoms with Gasteiger partial charge in [0, 0.05) is 12.1 Å². The highest BCUT2D eigenvalue weighted by atomic mass is 35.5. The van der Waals surface area contributed by atoms with Gasteiger partial charge in [-0.25, -0.2) is 0 Å². The number of nitrogens with one attached hydrogen (secondary N) is 1. The summed E-state index contributed by atoms with van der Waals surface area (Å²) in [4.78, 5) is 10.3. The summed E-state index contributed by atoms with van der Waals surface area (Å²) < 4.78 is 5.99. The fraction of sp³-hybridized carbons (Fsp3) is 0.136. The first-order valence-corrected chi connectivity index (χ1v) is 9.80. The number of non-ortho nitro benzene ring substituents is 1. The van der Waals surface area contributed by atoms with E-state index in [1.165, 1.54) is 12.1 Å². The van der Waals surface area contributed by atoms with Crippen LogP contribution in [0.3, 0.4) is 0 Å². The number of hydrogen-bond acceptors (Lipinski definition) is 5. The number of benzene rings is 3. The lowest BCUT2D eigenvalue weighted by atomic mass is 10.1. The Labute approximate surface area is 184 Å². The Kier molecular flexibility index (Phi) is 6.92. The Morgan fingerprint density at radius 1 is 1.03 bits per heavy atom. The van der Waals surface area contributed by atoms with Crippen LogP contribution >= 0.6 is 23.2 Å². The number of ether oxygens (including phenoxy) is 1. The highest BCUT2D eigenvalue weighted by Gasteiger charge is 2.08. The van der Waals surface area contributed by atoms with E-state index in [0.717, 1.165) is 28.0 Å². The van der Waals surface area contributed by atoms with Crippen molar-refractivity contribution in [3.05, 3.63) is 97.0 Å². The van der Waals surface area contributed by atoms with Crippen molar-refractivity contribution in [1.29, 1.82) is 0 Å². The van der Waals surface area contributed by atoms with Crippen molar-refractivity contribution in [3.63, 3.8) is 0 Å². The molecule has 3 aromatic rings. The summed E-state index contributed by atoms with van der Waals surface area (Å²) in [5, 5.41) is 15.9. The first-order valence-electron chi connectivity index (χ1n) is 9.05. The number of rotatable bonds is 7. The molecule has 0 spiro atoms. The van der Waals surface area contributed by atoms with E-state index >= 15 is 0 Å². The lowest BCUT2D eigenvalue weighted by Gasteiger charge is -2.13. The van der Waals surface area contributed by atoms with Gasteiger partial charge in [0.1, 0.15) is 12.4 Å². The van der Waals surface area contributed by atoms with E-state index in [-0.39, 0.29) is 5.69 Å². The molecule has 0 saturated carbocycles. The van der Waals surface area contributed by atoms with Crippen LogP contribution in [-0.2, 0) is 6.61 Å². The zero-order valence-electron chi connectivity index (χ0n) is 16.4. The van der Waals surface area contributed by atoms with E-state index in [0.29, 0.717) is 22.3 Å². The van der Waals surface area contributed by atoms with Gasteiger partial charge in [-0.1, -0.05) is 29.3 Å². The molecule has 0 aliphatic heterocycles. The Balaban J connectivity index is 1.65. The molecule has 0 heterocycles. The molecular formula is C22H19Cl2N3O3. The summed E-state index contributed by atoms with van der Waals surface area (Å²) in [7, 11) is 0. The fourth-order valence-corrected chi connectivity index (χ4v) is 3.23. The molecule has 1 N–H and O–H groups in total. The van der Waals surface area contributed by atoms with Gasteiger partial charge in [-0.3, -0.25) is 15.5 Å². The van der Waals surface area contributed by atoms with Gasteiger partial charge in [-0.15, -0.1) is 0 Å². The zero-order valence-corrected chi connectivity index (χ0v) is 17.9. The molecule has 30 heavy (non-hydrogen) atoms. The normalized spacial score (nSPS) is 10.9. The smallest absolute Gasteiger partial charge is 0.269 e. The van der Waals surface area contributed by atoms with Crippen LogP contribution in [0.2, 0.25) is 10.0 Å². The number of nitrogens with zero attached hydrogens (tertiary/aromatic N) is 2. The van der Waals surface area contributed by atoms with Gasteiger partial charge in [0.15, 0.2) is 0 Å². The third kappa shape index (κ3) is 5.49. The molecule has 154 valence electrons. The largest absolute Gasteiger partial charge is 0.488 e. The lowest BCUT2D eigenvalue weighted by Crippen LogP contribution is -2.00. The molecule has 0 unspecified atom stereocenters. The summed E-state index contributed by atoms with van der Waals surface area (Å²) in [6, 6.07) is 15.4. The van der Waals surface area contributed by atoms with Crippen LogP contribution in [0.5, 0.6) is 5.75 Å². The topological polar surface area (TPSA) is 76.8 Å². The molecule has 0 aromatic heterocycles. The first kappa shape index (κ1) is 21.6. The summed E-state index contributed by atoms with van der Waals surface area (Å²) in [6.07, 6.45) is 1.68. The third-order valence-corrected chi connectivity index (χ3v) is 5.07. The summed E-state index contributed by atoms with van der Waals surface area (Å²) in [5.41, 5.74) is 7.35. The summed E-state index contributed by atoms with van der Waals surface area (Å²) in [6.45, 7) is 4.32. The quantitative estimate of drug-likeness (QED) is 0.255. The number of hydrazone groups is 1. The molecule has 0 saturated heterocycles. The first-order chi connectivity index (χ1) is 14.3. The maximum Gasteiger partial charge on any atom is 0.269 e. The van der Waals surface area contributed by atoms with Crippen LogP contribution in [0.1, 0.15) is 22.3 Å². The predicted molar refractivity (Wildman–Crippen MR) is 121 cm³/mol. The molecule has 3 aromatic carbocycles. The SMILES string of the molecule is Cc1cc(/C=N/Nc2ccc([N+](=O)[O-])cc2)cc(C)c1OCc1ccc(Cl)c(Cl)c1. The standard InChI is InChI=1S/C22H19Cl2N3O3/c1-14-9-17(12-25-26-18-4-6-19(7-5-18)27(28)29)10-15(2)22(14)30-13-16-3-8-20(23)21(24)11-16/h3-12,26H,13H2,1-2H3/b25-12+. The van der Waals surface area contributed by atoms with E-state index in [1.54, 1.807) is 30.5 Å². The van der Waals surface area contributed by atoms with E-state index in [2.05, 4.69) is 10.5 Å². The van der Waals surface area contributed by atoms with Crippen molar-refractivity contribution in [2.24, 2.45) is 5.10 Å². The van der Waals surface area contributed by atoms with Crippen LogP contribution in [0, 0.1) is 24.0 Å². The van der Waals surface area contributed by atoms with Gasteiger partial charge in [-0.2, -0.15) is 5.10 Å². The average Bonchev–Trinajstić information content (AvgIpc) is 2.70. The maximum absolute atomic E-state index is 10.7. The molecule has 6 nitrogen and oxygen atoms in total. The second-order valence-corrected chi connectivity index (χ2v) is 7.51. The van der Waals surface area contributed by atoms with Gasteiger partial charge < -0.3 is 4.74 Å². The Hall–Kier alpha value is -3.09. The number of aryl methyl sites for hydroxylation is 2. The molecule has 0 fully saturated rings. The summed E-state index contributed by atoms with van der Waals surface area (Å²) in [5.74, 6) is 0.807. The summed E-state index contributed by atoms with van der Waals surface area (Å²) >= 11 is 12.0. The number of nitro groups is 1. The average molecular weight is 444 g/mol. The monoisotopic (exact) mass is 443 g/mol. The van der Waals surface area contributed by atoms with Crippen molar-refractivity contribution in [3.8, 4) is 5.75 Å². The molecule has 0 amide bonds. The molecule has 0 atom stereocenters. The zero-order chi connectivity index (χ0) is 21.7. The molecule has 0 aliphatic rings. The second kappa shape index (κ2) is 9.61. The van der Waals surface area contributed by atoms with E-state index in [4.69, 9.17) is 27.9 Å². The van der Waals surface area contributed by atoms with Crippen LogP contribution in [0.4, 0.5) is 11.4 Å². The van der Waals surface area contributed by atoms with Gasteiger partial charge in [0.05, 0.1) is 26.9 Å². The van der Waals surface area contributed by atoms with Crippen molar-refractivity contribution in [1.82, 2.24) is 0 Å². The fourth-order valence-electron chi connectivity index (χ4n) is 2.91. The second-order valence-electron chi connectivity index (χ2n) is 6.69. The molecule has 0 bridgehead atoms. The molecule has 0 radical (unpaired) electrons. The van der Waals surface area contributed by atoms with Crippen LogP contribution in [0.25, 0.3) is 0 Å². The Morgan fingerprint density at radius 3 is 2.30 bits per heavy atom. The van der Waals surface area contributed by atoms with E-state index in [9.17, 15) is 10.1 Å². The molecule has 3 rings (SSSR count). The number of hydrogen-bond donors (Lipinski definition) is 1. The lowest BCUT2D eigenvalue weighted by molar-refractivity contribution is -0.384. The van der Waals surface area contributed by atoms with Gasteiger partial charge in [0.2, 0.25) is 0 Å². The maximum atomic E-state index is 10.7. The van der Waals surface area contributed by atoms with Gasteiger partial charge in [0.25, 0.3) is 5.69 Å². The minimum atomic E-state index is -0.441. The van der Waals surface area contributed by atoms with Crippen LogP contribution in [-0.4, -0.2) is 11.1 Å². The molecule has 8 heteroatoms. The Morgan fingerprint density at radius 2 is 1.70 bits per heavy atom. The van der Waals surface area contributed by atoms with Crippen molar-refractivity contribution < 1.29 is 9.66 Å². The van der Waals surface area contributed by atoms with Gasteiger partial charge >= 0.3 is 0 Å². The number of anilines is 1. The van der Waals surface area contributed by atoms with Crippen molar-refractivity contribution in [2.45, 2.75) is 20.5 Å². The highest BCUT2D eigenvalue weighted by Crippen LogP contribution is 2.27.